The van der Waals surface area contributed by atoms with Gasteiger partial charge in [-0.25, -0.2) is 4.98 Å². The number of carbonyl (C=O) groups is 2. The lowest BCUT2D eigenvalue weighted by Crippen LogP contribution is -2.52. The molecular formula is C27H39N5O4S. The second kappa shape index (κ2) is 12.3. The molecule has 2 amide bonds. The highest BCUT2D eigenvalue weighted by Crippen LogP contribution is 2.28. The van der Waals surface area contributed by atoms with E-state index in [0.717, 1.165) is 43.2 Å². The van der Waals surface area contributed by atoms with Crippen molar-refractivity contribution in [3.63, 3.8) is 0 Å². The Morgan fingerprint density at radius 2 is 2.08 bits per heavy atom. The minimum absolute atomic E-state index is 0.0872. The van der Waals surface area contributed by atoms with E-state index in [-0.39, 0.29) is 23.5 Å². The molecule has 4 rings (SSSR count). The fourth-order valence-electron chi connectivity index (χ4n) is 4.70. The van der Waals surface area contributed by atoms with Crippen LogP contribution in [0.15, 0.2) is 23.6 Å². The van der Waals surface area contributed by atoms with E-state index < -0.39 is 0 Å². The second-order valence-electron chi connectivity index (χ2n) is 10.2. The summed E-state index contributed by atoms with van der Waals surface area (Å²) >= 11 is 1.45. The van der Waals surface area contributed by atoms with E-state index in [1.807, 2.05) is 32.0 Å². The standard InChI is InChI=1S/C27H39N5O4S/c1-5-10-28-24(33)21-14-19(15-32-12-13-35-18-27(32,3)4)7-8-22(21)29-25(34)23-17-37-26(30-23)31-11-9-20(16-31)36-6-2/h7-8,14,17,20H,5-6,9-13,15-16,18H2,1-4H3,(H,28,33)(H,29,34)/t20-/m1/s1. The van der Waals surface area contributed by atoms with Crippen molar-refractivity contribution in [2.45, 2.75) is 58.7 Å². The van der Waals surface area contributed by atoms with Crippen molar-refractivity contribution >= 4 is 34.0 Å². The van der Waals surface area contributed by atoms with E-state index in [4.69, 9.17) is 9.47 Å². The molecule has 1 atom stereocenters. The predicted molar refractivity (Wildman–Crippen MR) is 147 cm³/mol. The van der Waals surface area contributed by atoms with Crippen molar-refractivity contribution in [1.29, 1.82) is 0 Å². The zero-order valence-electron chi connectivity index (χ0n) is 22.3. The number of rotatable bonds is 10. The molecule has 0 spiro atoms. The SMILES string of the molecule is CCCNC(=O)c1cc(CN2CCOCC2(C)C)ccc1NC(=O)c1csc(N2CC[C@@H](OCC)C2)n1. The third-order valence-electron chi connectivity index (χ3n) is 6.85. The number of aromatic nitrogens is 1. The maximum Gasteiger partial charge on any atom is 0.275 e. The number of hydrogen-bond acceptors (Lipinski definition) is 8. The van der Waals surface area contributed by atoms with Crippen molar-refractivity contribution in [3.05, 3.63) is 40.4 Å². The molecule has 0 saturated carbocycles. The number of benzene rings is 1. The minimum Gasteiger partial charge on any atom is -0.378 e. The van der Waals surface area contributed by atoms with E-state index in [1.165, 1.54) is 11.3 Å². The molecule has 0 radical (unpaired) electrons. The first-order valence-electron chi connectivity index (χ1n) is 13.2. The lowest BCUT2D eigenvalue weighted by molar-refractivity contribution is -0.0552. The van der Waals surface area contributed by atoms with Gasteiger partial charge in [0.2, 0.25) is 0 Å². The third-order valence-corrected chi connectivity index (χ3v) is 7.75. The number of ether oxygens (including phenoxy) is 2. The fourth-order valence-corrected chi connectivity index (χ4v) is 5.54. The number of hydrogen-bond donors (Lipinski definition) is 2. The van der Waals surface area contributed by atoms with E-state index in [0.29, 0.717) is 49.9 Å². The molecule has 2 aromatic rings. The number of carbonyl (C=O) groups excluding carboxylic acids is 2. The monoisotopic (exact) mass is 529 g/mol. The topological polar surface area (TPSA) is 96.0 Å². The highest BCUT2D eigenvalue weighted by atomic mass is 32.1. The van der Waals surface area contributed by atoms with Crippen LogP contribution in [0.4, 0.5) is 10.8 Å². The van der Waals surface area contributed by atoms with Gasteiger partial charge < -0.3 is 25.0 Å². The zero-order chi connectivity index (χ0) is 26.4. The first-order chi connectivity index (χ1) is 17.8. The Bertz CT molecular complexity index is 1090. The molecule has 202 valence electrons. The molecule has 10 heteroatoms. The molecular weight excluding hydrogens is 490 g/mol. The Morgan fingerprint density at radius 3 is 2.84 bits per heavy atom. The Hall–Kier alpha value is -2.53. The van der Waals surface area contributed by atoms with Gasteiger partial charge in [-0.15, -0.1) is 11.3 Å². The normalized spacial score (nSPS) is 19.7. The molecule has 0 unspecified atom stereocenters. The van der Waals surface area contributed by atoms with Crippen molar-refractivity contribution < 1.29 is 19.1 Å². The first kappa shape index (κ1) is 27.5. The number of anilines is 2. The quantitative estimate of drug-likeness (QED) is 0.484. The van der Waals surface area contributed by atoms with Crippen LogP contribution in [0.2, 0.25) is 0 Å². The third kappa shape index (κ3) is 6.87. The summed E-state index contributed by atoms with van der Waals surface area (Å²) in [6.45, 7) is 14.1. The summed E-state index contributed by atoms with van der Waals surface area (Å²) in [5, 5.41) is 8.47. The largest absolute Gasteiger partial charge is 0.378 e. The summed E-state index contributed by atoms with van der Waals surface area (Å²) < 4.78 is 11.4. The molecule has 37 heavy (non-hydrogen) atoms. The summed E-state index contributed by atoms with van der Waals surface area (Å²) in [5.74, 6) is -0.520. The number of morpholine rings is 1. The number of thiazole rings is 1. The van der Waals surface area contributed by atoms with Gasteiger partial charge in [0.25, 0.3) is 11.8 Å². The minimum atomic E-state index is -0.324. The van der Waals surface area contributed by atoms with E-state index in [1.54, 1.807) is 5.38 Å². The fraction of sp³-hybridized carbons (Fsp3) is 0.593. The molecule has 2 N–H and O–H groups in total. The van der Waals surface area contributed by atoms with Crippen molar-refractivity contribution in [1.82, 2.24) is 15.2 Å². The molecule has 2 aliphatic heterocycles. The summed E-state index contributed by atoms with van der Waals surface area (Å²) in [6.07, 6.45) is 1.99. The van der Waals surface area contributed by atoms with Crippen LogP contribution in [0.5, 0.6) is 0 Å². The lowest BCUT2D eigenvalue weighted by atomic mass is 10.00. The molecule has 2 fully saturated rings. The smallest absolute Gasteiger partial charge is 0.275 e. The van der Waals surface area contributed by atoms with Gasteiger partial charge in [-0.1, -0.05) is 13.0 Å². The average Bonchev–Trinajstić information content (AvgIpc) is 3.55. The van der Waals surface area contributed by atoms with Crippen molar-refractivity contribution in [2.24, 2.45) is 0 Å². The van der Waals surface area contributed by atoms with Gasteiger partial charge in [-0.2, -0.15) is 0 Å². The lowest BCUT2D eigenvalue weighted by Gasteiger charge is -2.42. The van der Waals surface area contributed by atoms with Gasteiger partial charge in [0.15, 0.2) is 5.13 Å². The van der Waals surface area contributed by atoms with Gasteiger partial charge in [0.1, 0.15) is 5.69 Å². The molecule has 2 aliphatic rings. The van der Waals surface area contributed by atoms with Crippen molar-refractivity contribution in [3.8, 4) is 0 Å². The molecule has 2 saturated heterocycles. The Kier molecular flexibility index (Phi) is 9.17. The Labute approximate surface area is 223 Å². The van der Waals surface area contributed by atoms with Crippen LogP contribution in [0.1, 0.15) is 66.9 Å². The maximum atomic E-state index is 13.1. The number of nitrogens with one attached hydrogen (secondary N) is 2. The van der Waals surface area contributed by atoms with Crippen LogP contribution in [-0.4, -0.2) is 79.3 Å². The van der Waals surface area contributed by atoms with E-state index in [2.05, 4.69) is 39.3 Å². The van der Waals surface area contributed by atoms with E-state index in [9.17, 15) is 9.59 Å². The first-order valence-corrected chi connectivity index (χ1v) is 14.1. The molecule has 3 heterocycles. The summed E-state index contributed by atoms with van der Waals surface area (Å²) in [5.41, 5.74) is 2.22. The zero-order valence-corrected chi connectivity index (χ0v) is 23.2. The maximum absolute atomic E-state index is 13.1. The van der Waals surface area contributed by atoms with E-state index >= 15 is 0 Å². The van der Waals surface area contributed by atoms with Crippen molar-refractivity contribution in [2.75, 3.05) is 56.2 Å². The number of nitrogens with zero attached hydrogens (tertiary/aromatic N) is 3. The van der Waals surface area contributed by atoms with Gasteiger partial charge >= 0.3 is 0 Å². The van der Waals surface area contributed by atoms with Gasteiger partial charge in [-0.3, -0.25) is 14.5 Å². The Morgan fingerprint density at radius 1 is 1.24 bits per heavy atom. The average molecular weight is 530 g/mol. The molecule has 0 aliphatic carbocycles. The van der Waals surface area contributed by atoms with Gasteiger partial charge in [0.05, 0.1) is 30.6 Å². The van der Waals surface area contributed by atoms with Gasteiger partial charge in [-0.05, 0) is 51.3 Å². The van der Waals surface area contributed by atoms with Crippen LogP contribution < -0.4 is 15.5 Å². The van der Waals surface area contributed by atoms with Crippen LogP contribution >= 0.6 is 11.3 Å². The van der Waals surface area contributed by atoms with Crippen LogP contribution in [0.25, 0.3) is 0 Å². The summed E-state index contributed by atoms with van der Waals surface area (Å²) in [4.78, 5) is 35.3. The highest BCUT2D eigenvalue weighted by Gasteiger charge is 2.31. The highest BCUT2D eigenvalue weighted by molar-refractivity contribution is 7.14. The summed E-state index contributed by atoms with van der Waals surface area (Å²) in [7, 11) is 0. The Balaban J connectivity index is 1.49. The molecule has 1 aromatic carbocycles. The van der Waals surface area contributed by atoms with Crippen LogP contribution in [0, 0.1) is 0 Å². The second-order valence-corrected chi connectivity index (χ2v) is 11.0. The van der Waals surface area contributed by atoms with Gasteiger partial charge in [0, 0.05) is 50.2 Å². The number of amides is 2. The predicted octanol–water partition coefficient (Wildman–Crippen LogP) is 3.76. The molecule has 1 aromatic heterocycles. The molecule has 0 bridgehead atoms. The molecule has 9 nitrogen and oxygen atoms in total. The summed E-state index contributed by atoms with van der Waals surface area (Å²) in [6, 6.07) is 5.68. The van der Waals surface area contributed by atoms with Crippen LogP contribution in [0.3, 0.4) is 0 Å². The van der Waals surface area contributed by atoms with Crippen LogP contribution in [-0.2, 0) is 16.0 Å².